The topological polar surface area (TPSA) is 146 Å². The Hall–Kier alpha value is -4.64. The zero-order valence-electron chi connectivity index (χ0n) is 23.1. The monoisotopic (exact) mass is 560 g/mol. The molecule has 1 fully saturated rings. The number of amides is 1. The average molecular weight is 561 g/mol. The molecule has 2 atom stereocenters. The fourth-order valence-electron chi connectivity index (χ4n) is 5.03. The highest BCUT2D eigenvalue weighted by molar-refractivity contribution is 6.08. The molecular weight excluding hydrogens is 528 g/mol. The molecule has 3 aromatic rings. The summed E-state index contributed by atoms with van der Waals surface area (Å²) in [5, 5.41) is 14.9. The van der Waals surface area contributed by atoms with Gasteiger partial charge < -0.3 is 30.2 Å². The number of benzene rings is 3. The zero-order chi connectivity index (χ0) is 29.3. The molecule has 2 aliphatic rings. The number of non-ortho nitro benzene ring substituents is 1. The number of nitro groups is 1. The number of carbonyl (C=O) groups excluding carboxylic acids is 2. The van der Waals surface area contributed by atoms with Gasteiger partial charge in [-0.3, -0.25) is 14.9 Å². The lowest BCUT2D eigenvalue weighted by atomic mass is 9.81. The van der Waals surface area contributed by atoms with Gasteiger partial charge in [-0.2, -0.15) is 0 Å². The predicted octanol–water partition coefficient (Wildman–Crippen LogP) is 5.35. The smallest absolute Gasteiger partial charge is 0.410 e. The number of carbonyl (C=O) groups is 2. The van der Waals surface area contributed by atoms with Crippen LogP contribution in [0.25, 0.3) is 0 Å². The van der Waals surface area contributed by atoms with E-state index >= 15 is 0 Å². The van der Waals surface area contributed by atoms with Crippen molar-refractivity contribution in [3.05, 3.63) is 87.5 Å². The molecule has 2 heterocycles. The Kier molecular flexibility index (Phi) is 7.55. The Morgan fingerprint density at radius 2 is 1.85 bits per heavy atom. The zero-order valence-corrected chi connectivity index (χ0v) is 23.1. The number of anilines is 2. The molecule has 0 radical (unpaired) electrons. The molecule has 11 nitrogen and oxygen atoms in total. The number of morpholine rings is 1. The van der Waals surface area contributed by atoms with Gasteiger partial charge in [-0.15, -0.1) is 0 Å². The molecule has 5 rings (SSSR count). The number of para-hydroxylation sites is 2. The van der Waals surface area contributed by atoms with Crippen LogP contribution in [0.4, 0.5) is 21.9 Å². The first kappa shape index (κ1) is 27.9. The lowest BCUT2D eigenvalue weighted by molar-refractivity contribution is -0.384. The van der Waals surface area contributed by atoms with E-state index in [1.165, 1.54) is 12.1 Å². The van der Waals surface area contributed by atoms with Gasteiger partial charge in [-0.1, -0.05) is 30.3 Å². The van der Waals surface area contributed by atoms with Crippen LogP contribution in [-0.4, -0.2) is 59.6 Å². The molecule has 0 spiro atoms. The molecule has 11 heteroatoms. The Morgan fingerprint density at radius 3 is 2.61 bits per heavy atom. The normalized spacial score (nSPS) is 18.0. The standard InChI is InChI=1S/C30H32N4O7/c1-30(2,3)41-29(36)33-12-13-39-19(17-33)16-32-24-10-6-4-8-20(24)27(35)26-21-9-5-7-11-25(21)40-28-22(26)14-18(34(37)38)15-23(28)31/h4-11,14-15,19,26,32H,12-13,16-17,31H2,1-3H3/t19-,26?/m0/s1. The minimum Gasteiger partial charge on any atom is -0.455 e. The third kappa shape index (κ3) is 5.94. The van der Waals surface area contributed by atoms with Crippen molar-refractivity contribution in [2.24, 2.45) is 0 Å². The van der Waals surface area contributed by atoms with Crippen molar-refractivity contribution < 1.29 is 28.7 Å². The van der Waals surface area contributed by atoms with E-state index in [0.29, 0.717) is 54.4 Å². The van der Waals surface area contributed by atoms with Crippen LogP contribution in [0.3, 0.4) is 0 Å². The first-order valence-corrected chi connectivity index (χ1v) is 13.3. The average Bonchev–Trinajstić information content (AvgIpc) is 2.94. The predicted molar refractivity (Wildman–Crippen MR) is 153 cm³/mol. The van der Waals surface area contributed by atoms with E-state index in [1.807, 2.05) is 26.8 Å². The summed E-state index contributed by atoms with van der Waals surface area (Å²) in [5.74, 6) is -0.461. The quantitative estimate of drug-likeness (QED) is 0.176. The Bertz CT molecular complexity index is 1500. The summed E-state index contributed by atoms with van der Waals surface area (Å²) in [5.41, 5.74) is 7.30. The number of hydrogen-bond acceptors (Lipinski definition) is 9. The number of nitrogens with zero attached hydrogens (tertiary/aromatic N) is 2. The minimum absolute atomic E-state index is 0.0805. The van der Waals surface area contributed by atoms with Gasteiger partial charge in [-0.05, 0) is 39.0 Å². The van der Waals surface area contributed by atoms with Gasteiger partial charge in [0.25, 0.3) is 5.69 Å². The van der Waals surface area contributed by atoms with Crippen LogP contribution in [0.2, 0.25) is 0 Å². The second-order valence-electron chi connectivity index (χ2n) is 11.0. The number of nitrogens with two attached hydrogens (primary N) is 1. The Balaban J connectivity index is 1.41. The van der Waals surface area contributed by atoms with E-state index in [9.17, 15) is 19.7 Å². The van der Waals surface area contributed by atoms with Gasteiger partial charge in [-0.25, -0.2) is 4.79 Å². The molecule has 1 unspecified atom stereocenters. The number of nitrogen functional groups attached to an aromatic ring is 1. The lowest BCUT2D eigenvalue weighted by Gasteiger charge is -2.34. The fourth-order valence-corrected chi connectivity index (χ4v) is 5.03. The molecule has 1 amide bonds. The molecule has 0 aliphatic carbocycles. The first-order chi connectivity index (χ1) is 19.5. The summed E-state index contributed by atoms with van der Waals surface area (Å²) in [7, 11) is 0. The molecular formula is C30H32N4O7. The highest BCUT2D eigenvalue weighted by Gasteiger charge is 2.37. The lowest BCUT2D eigenvalue weighted by Crippen LogP contribution is -2.49. The number of ketones is 1. The Labute approximate surface area is 237 Å². The SMILES string of the molecule is CC(C)(C)OC(=O)N1CCO[C@@H](CNc2ccccc2C(=O)C2c3ccccc3Oc3c(N)cc([N+](=O)[O-])cc32)C1. The maximum atomic E-state index is 14.3. The summed E-state index contributed by atoms with van der Waals surface area (Å²) in [6, 6.07) is 16.7. The van der Waals surface area contributed by atoms with Crippen molar-refractivity contribution in [3.63, 3.8) is 0 Å². The van der Waals surface area contributed by atoms with E-state index < -0.39 is 22.5 Å². The number of Topliss-reactive ketones (excluding diaryl/α,β-unsaturated/α-hetero) is 1. The van der Waals surface area contributed by atoms with E-state index in [1.54, 1.807) is 47.4 Å². The summed E-state index contributed by atoms with van der Waals surface area (Å²) in [6.45, 7) is 6.92. The summed E-state index contributed by atoms with van der Waals surface area (Å²) in [6.07, 6.45) is -0.724. The maximum Gasteiger partial charge on any atom is 0.410 e. The van der Waals surface area contributed by atoms with Crippen LogP contribution < -0.4 is 15.8 Å². The number of ether oxygens (including phenoxy) is 3. The third-order valence-electron chi connectivity index (χ3n) is 6.86. The number of fused-ring (bicyclic) bond motifs is 2. The number of hydrogen-bond donors (Lipinski definition) is 2. The Morgan fingerprint density at radius 1 is 1.12 bits per heavy atom. The molecule has 0 bridgehead atoms. The van der Waals surface area contributed by atoms with Crippen molar-refractivity contribution in [2.75, 3.05) is 37.3 Å². The summed E-state index contributed by atoms with van der Waals surface area (Å²) >= 11 is 0. The van der Waals surface area contributed by atoms with E-state index in [-0.39, 0.29) is 29.0 Å². The molecule has 214 valence electrons. The fraction of sp³-hybridized carbons (Fsp3) is 0.333. The van der Waals surface area contributed by atoms with Crippen LogP contribution in [-0.2, 0) is 9.47 Å². The molecule has 3 aromatic carbocycles. The van der Waals surface area contributed by atoms with Crippen molar-refractivity contribution in [1.82, 2.24) is 4.90 Å². The molecule has 0 aromatic heterocycles. The van der Waals surface area contributed by atoms with Crippen molar-refractivity contribution in [2.45, 2.75) is 38.4 Å². The van der Waals surface area contributed by atoms with Crippen LogP contribution >= 0.6 is 0 Å². The van der Waals surface area contributed by atoms with Crippen LogP contribution in [0, 0.1) is 10.1 Å². The van der Waals surface area contributed by atoms with Gasteiger partial charge >= 0.3 is 6.09 Å². The van der Waals surface area contributed by atoms with Crippen molar-refractivity contribution >= 4 is 28.9 Å². The molecule has 1 saturated heterocycles. The molecule has 0 saturated carbocycles. The number of rotatable bonds is 6. The second-order valence-corrected chi connectivity index (χ2v) is 11.0. The highest BCUT2D eigenvalue weighted by atomic mass is 16.6. The number of nitrogens with one attached hydrogen (secondary N) is 1. The van der Waals surface area contributed by atoms with Gasteiger partial charge in [0.05, 0.1) is 35.8 Å². The van der Waals surface area contributed by atoms with E-state index in [4.69, 9.17) is 19.9 Å². The van der Waals surface area contributed by atoms with Crippen LogP contribution in [0.1, 0.15) is 48.2 Å². The van der Waals surface area contributed by atoms with E-state index in [2.05, 4.69) is 5.32 Å². The second kappa shape index (κ2) is 11.1. The summed E-state index contributed by atoms with van der Waals surface area (Å²) < 4.78 is 17.4. The van der Waals surface area contributed by atoms with Crippen molar-refractivity contribution in [3.8, 4) is 11.5 Å². The highest BCUT2D eigenvalue weighted by Crippen LogP contribution is 2.49. The van der Waals surface area contributed by atoms with Gasteiger partial charge in [0.15, 0.2) is 11.5 Å². The summed E-state index contributed by atoms with van der Waals surface area (Å²) in [4.78, 5) is 39.5. The van der Waals surface area contributed by atoms with Gasteiger partial charge in [0.2, 0.25) is 0 Å². The molecule has 41 heavy (non-hydrogen) atoms. The largest absolute Gasteiger partial charge is 0.455 e. The number of nitro benzene ring substituents is 1. The third-order valence-corrected chi connectivity index (χ3v) is 6.86. The first-order valence-electron chi connectivity index (χ1n) is 13.3. The van der Waals surface area contributed by atoms with Crippen LogP contribution in [0.15, 0.2) is 60.7 Å². The van der Waals surface area contributed by atoms with Gasteiger partial charge in [0, 0.05) is 47.6 Å². The van der Waals surface area contributed by atoms with Gasteiger partial charge in [0.1, 0.15) is 11.4 Å². The molecule has 3 N–H and O–H groups in total. The van der Waals surface area contributed by atoms with Crippen molar-refractivity contribution in [1.29, 1.82) is 0 Å². The van der Waals surface area contributed by atoms with Crippen LogP contribution in [0.5, 0.6) is 11.5 Å². The maximum absolute atomic E-state index is 14.3. The molecule has 2 aliphatic heterocycles. The van der Waals surface area contributed by atoms with E-state index in [0.717, 1.165) is 0 Å². The minimum atomic E-state index is -0.881.